The maximum absolute atomic E-state index is 5.68. The van der Waals surface area contributed by atoms with Crippen LogP contribution in [-0.4, -0.2) is 31.1 Å². The van der Waals surface area contributed by atoms with E-state index >= 15 is 0 Å². The largest absolute Gasteiger partial charge is 0.330 e. The van der Waals surface area contributed by atoms with Crippen molar-refractivity contribution < 1.29 is 0 Å². The van der Waals surface area contributed by atoms with E-state index in [1.165, 1.54) is 45.3 Å². The molecule has 0 aromatic rings. The highest BCUT2D eigenvalue weighted by atomic mass is 15.1. The van der Waals surface area contributed by atoms with E-state index in [0.717, 1.165) is 12.5 Å². The molecule has 0 amide bonds. The average molecular weight is 240 g/mol. The predicted octanol–water partition coefficient (Wildman–Crippen LogP) is 3.12. The van der Waals surface area contributed by atoms with E-state index in [2.05, 4.69) is 32.6 Å². The zero-order chi connectivity index (χ0) is 12.9. The molecule has 0 saturated carbocycles. The van der Waals surface area contributed by atoms with Crippen LogP contribution in [0, 0.1) is 17.3 Å². The van der Waals surface area contributed by atoms with Crippen LogP contribution < -0.4 is 5.73 Å². The summed E-state index contributed by atoms with van der Waals surface area (Å²) < 4.78 is 0. The van der Waals surface area contributed by atoms with Crippen LogP contribution in [0.15, 0.2) is 0 Å². The minimum absolute atomic E-state index is 0.487. The van der Waals surface area contributed by atoms with Gasteiger partial charge < -0.3 is 10.6 Å². The van der Waals surface area contributed by atoms with Crippen LogP contribution in [0.3, 0.4) is 0 Å². The van der Waals surface area contributed by atoms with E-state index in [-0.39, 0.29) is 0 Å². The smallest absolute Gasteiger partial charge is 0.00157 e. The van der Waals surface area contributed by atoms with Crippen LogP contribution in [0.5, 0.6) is 0 Å². The summed E-state index contributed by atoms with van der Waals surface area (Å²) in [4.78, 5) is 2.65. The van der Waals surface area contributed by atoms with E-state index in [4.69, 9.17) is 5.73 Å². The van der Waals surface area contributed by atoms with Gasteiger partial charge in [0.25, 0.3) is 0 Å². The number of nitrogens with zero attached hydrogens (tertiary/aromatic N) is 1. The topological polar surface area (TPSA) is 29.3 Å². The van der Waals surface area contributed by atoms with Crippen LogP contribution >= 0.6 is 0 Å². The molecule has 102 valence electrons. The Labute approximate surface area is 108 Å². The van der Waals surface area contributed by atoms with Crippen LogP contribution in [0.1, 0.15) is 53.4 Å². The summed E-state index contributed by atoms with van der Waals surface area (Å²) in [5, 5.41) is 0. The molecule has 2 unspecified atom stereocenters. The highest BCUT2D eigenvalue weighted by molar-refractivity contribution is 4.79. The molecular formula is C15H32N2. The molecule has 17 heavy (non-hydrogen) atoms. The van der Waals surface area contributed by atoms with Gasteiger partial charge in [-0.25, -0.2) is 0 Å². The SMILES string of the molecule is CC(CN)CCN1CCCC(C(C)(C)C)CC1. The van der Waals surface area contributed by atoms with Crippen molar-refractivity contribution >= 4 is 0 Å². The summed E-state index contributed by atoms with van der Waals surface area (Å²) >= 11 is 0. The van der Waals surface area contributed by atoms with Crippen LogP contribution in [0.4, 0.5) is 0 Å². The second kappa shape index (κ2) is 6.75. The Bertz CT molecular complexity index is 207. The second-order valence-electron chi connectivity index (χ2n) is 6.97. The summed E-state index contributed by atoms with van der Waals surface area (Å²) in [7, 11) is 0. The maximum Gasteiger partial charge on any atom is -0.00157 e. The zero-order valence-corrected chi connectivity index (χ0v) is 12.3. The molecule has 0 aromatic heterocycles. The van der Waals surface area contributed by atoms with E-state index < -0.39 is 0 Å². The fraction of sp³-hybridized carbons (Fsp3) is 1.00. The Kier molecular flexibility index (Phi) is 5.94. The van der Waals surface area contributed by atoms with Gasteiger partial charge in [0.1, 0.15) is 0 Å². The molecule has 2 nitrogen and oxygen atoms in total. The van der Waals surface area contributed by atoms with Gasteiger partial charge in [-0.15, -0.1) is 0 Å². The molecule has 1 heterocycles. The molecular weight excluding hydrogens is 208 g/mol. The van der Waals surface area contributed by atoms with Crippen molar-refractivity contribution in [1.82, 2.24) is 4.90 Å². The molecule has 1 rings (SSSR count). The lowest BCUT2D eigenvalue weighted by atomic mass is 9.77. The van der Waals surface area contributed by atoms with Gasteiger partial charge in [0.15, 0.2) is 0 Å². The minimum atomic E-state index is 0.487. The highest BCUT2D eigenvalue weighted by Gasteiger charge is 2.26. The molecule has 0 radical (unpaired) electrons. The summed E-state index contributed by atoms with van der Waals surface area (Å²) in [5.74, 6) is 1.58. The molecule has 0 bridgehead atoms. The zero-order valence-electron chi connectivity index (χ0n) is 12.3. The highest BCUT2D eigenvalue weighted by Crippen LogP contribution is 2.34. The lowest BCUT2D eigenvalue weighted by molar-refractivity contribution is 0.205. The first-order valence-electron chi connectivity index (χ1n) is 7.36. The van der Waals surface area contributed by atoms with Gasteiger partial charge in [-0.05, 0) is 69.1 Å². The second-order valence-corrected chi connectivity index (χ2v) is 6.97. The molecule has 1 saturated heterocycles. The fourth-order valence-electron chi connectivity index (χ4n) is 2.77. The first kappa shape index (κ1) is 15.0. The molecule has 2 atom stereocenters. The standard InChI is InChI=1S/C15H32N2/c1-13(12-16)7-10-17-9-5-6-14(8-11-17)15(2,3)4/h13-14H,5-12,16H2,1-4H3. The molecule has 2 heteroatoms. The lowest BCUT2D eigenvalue weighted by Gasteiger charge is -2.30. The quantitative estimate of drug-likeness (QED) is 0.818. The van der Waals surface area contributed by atoms with Gasteiger partial charge in [0, 0.05) is 0 Å². The van der Waals surface area contributed by atoms with Crippen molar-refractivity contribution in [1.29, 1.82) is 0 Å². The van der Waals surface area contributed by atoms with Gasteiger partial charge in [-0.3, -0.25) is 0 Å². The van der Waals surface area contributed by atoms with Crippen molar-refractivity contribution in [3.63, 3.8) is 0 Å². The van der Waals surface area contributed by atoms with Crippen LogP contribution in [0.2, 0.25) is 0 Å². The molecule has 1 aliphatic rings. The Hall–Kier alpha value is -0.0800. The normalized spacial score (nSPS) is 25.6. The van der Waals surface area contributed by atoms with Crippen molar-refractivity contribution in [2.75, 3.05) is 26.2 Å². The lowest BCUT2D eigenvalue weighted by Crippen LogP contribution is -2.29. The number of rotatable bonds is 4. The molecule has 1 fully saturated rings. The van der Waals surface area contributed by atoms with E-state index in [1.54, 1.807) is 0 Å². The van der Waals surface area contributed by atoms with Gasteiger partial charge >= 0.3 is 0 Å². The Morgan fingerprint density at radius 3 is 2.53 bits per heavy atom. The fourth-order valence-corrected chi connectivity index (χ4v) is 2.77. The maximum atomic E-state index is 5.68. The summed E-state index contributed by atoms with van der Waals surface area (Å²) in [6.07, 6.45) is 5.42. The van der Waals surface area contributed by atoms with Crippen molar-refractivity contribution in [3.8, 4) is 0 Å². The first-order chi connectivity index (χ1) is 7.93. The van der Waals surface area contributed by atoms with Crippen molar-refractivity contribution in [2.45, 2.75) is 53.4 Å². The molecule has 0 aromatic carbocycles. The third-order valence-corrected chi connectivity index (χ3v) is 4.39. The van der Waals surface area contributed by atoms with E-state index in [0.29, 0.717) is 11.3 Å². The minimum Gasteiger partial charge on any atom is -0.330 e. The monoisotopic (exact) mass is 240 g/mol. The third kappa shape index (κ3) is 5.39. The predicted molar refractivity (Wildman–Crippen MR) is 76.1 cm³/mol. The number of hydrogen-bond donors (Lipinski definition) is 1. The summed E-state index contributed by atoms with van der Waals surface area (Å²) in [6.45, 7) is 14.1. The number of nitrogens with two attached hydrogens (primary N) is 1. The molecule has 0 aliphatic carbocycles. The van der Waals surface area contributed by atoms with E-state index in [1.807, 2.05) is 0 Å². The Morgan fingerprint density at radius 2 is 1.94 bits per heavy atom. The summed E-state index contributed by atoms with van der Waals surface area (Å²) in [6, 6.07) is 0. The van der Waals surface area contributed by atoms with Crippen LogP contribution in [0.25, 0.3) is 0 Å². The summed E-state index contributed by atoms with van der Waals surface area (Å²) in [5.41, 5.74) is 6.17. The van der Waals surface area contributed by atoms with Gasteiger partial charge in [-0.2, -0.15) is 0 Å². The number of likely N-dealkylation sites (tertiary alicyclic amines) is 1. The average Bonchev–Trinajstić information content (AvgIpc) is 2.50. The number of hydrogen-bond acceptors (Lipinski definition) is 2. The Morgan fingerprint density at radius 1 is 1.24 bits per heavy atom. The van der Waals surface area contributed by atoms with Gasteiger partial charge in [0.05, 0.1) is 0 Å². The van der Waals surface area contributed by atoms with Crippen molar-refractivity contribution in [2.24, 2.45) is 23.0 Å². The van der Waals surface area contributed by atoms with Gasteiger partial charge in [-0.1, -0.05) is 27.7 Å². The Balaban J connectivity index is 2.32. The molecule has 0 spiro atoms. The first-order valence-corrected chi connectivity index (χ1v) is 7.36. The molecule has 2 N–H and O–H groups in total. The van der Waals surface area contributed by atoms with Crippen molar-refractivity contribution in [3.05, 3.63) is 0 Å². The third-order valence-electron chi connectivity index (χ3n) is 4.39. The molecule has 1 aliphatic heterocycles. The van der Waals surface area contributed by atoms with E-state index in [9.17, 15) is 0 Å². The van der Waals surface area contributed by atoms with Gasteiger partial charge in [0.2, 0.25) is 0 Å². The van der Waals surface area contributed by atoms with Crippen LogP contribution in [-0.2, 0) is 0 Å².